The number of esters is 2. The lowest BCUT2D eigenvalue weighted by atomic mass is 10.4. The van der Waals surface area contributed by atoms with Crippen LogP contribution in [0.4, 0.5) is 0 Å². The highest BCUT2D eigenvalue weighted by atomic mass is 16.5. The molecule has 6 nitrogen and oxygen atoms in total. The molecule has 98 valence electrons. The first-order valence-electron chi connectivity index (χ1n) is 4.85. The molecule has 0 rings (SSSR count). The van der Waals surface area contributed by atoms with Gasteiger partial charge in [0.05, 0.1) is 12.7 Å². The molecule has 0 spiro atoms. The molecule has 0 amide bonds. The monoisotopic (exact) mass is 246 g/mol. The first-order chi connectivity index (χ1) is 7.97. The Morgan fingerprint density at radius 1 is 1.24 bits per heavy atom. The lowest BCUT2D eigenvalue weighted by Gasteiger charge is -2.02. The van der Waals surface area contributed by atoms with Crippen LogP contribution >= 0.6 is 0 Å². The molecule has 1 atom stereocenters. The zero-order chi connectivity index (χ0) is 13.7. The largest absolute Gasteiger partial charge is 0.460 e. The number of hydrogen-bond acceptors (Lipinski definition) is 6. The maximum atomic E-state index is 10.3. The fraction of sp³-hybridized carbons (Fsp3) is 0.455. The van der Waals surface area contributed by atoms with Crippen LogP contribution in [0.3, 0.4) is 0 Å². The van der Waals surface area contributed by atoms with Crippen LogP contribution in [0.25, 0.3) is 0 Å². The summed E-state index contributed by atoms with van der Waals surface area (Å²) in [6, 6.07) is 0. The van der Waals surface area contributed by atoms with E-state index in [1.165, 1.54) is 6.92 Å². The van der Waals surface area contributed by atoms with Crippen molar-refractivity contribution >= 4 is 11.9 Å². The maximum Gasteiger partial charge on any atom is 0.330 e. The molecule has 0 aromatic heterocycles. The van der Waals surface area contributed by atoms with Crippen molar-refractivity contribution in [1.29, 1.82) is 0 Å². The summed E-state index contributed by atoms with van der Waals surface area (Å²) in [5.41, 5.74) is 0. The van der Waals surface area contributed by atoms with Gasteiger partial charge in [-0.25, -0.2) is 9.59 Å². The normalized spacial score (nSPS) is 10.3. The number of hydrogen-bond donors (Lipinski definition) is 2. The predicted molar refractivity (Wildman–Crippen MR) is 61.1 cm³/mol. The first kappa shape index (κ1) is 17.7. The molecule has 0 aromatic carbocycles. The van der Waals surface area contributed by atoms with Crippen LogP contribution < -0.4 is 0 Å². The SMILES string of the molecule is C=CC(=O)OCC(C)O.C=CC(=O)OCCO. The summed E-state index contributed by atoms with van der Waals surface area (Å²) in [5.74, 6) is -1.00. The quantitative estimate of drug-likeness (QED) is 0.498. The van der Waals surface area contributed by atoms with Gasteiger partial charge in [0.2, 0.25) is 0 Å². The number of carbonyl (C=O) groups is 2. The molecular formula is C11H18O6. The van der Waals surface area contributed by atoms with Crippen LogP contribution in [0.5, 0.6) is 0 Å². The van der Waals surface area contributed by atoms with Gasteiger partial charge in [-0.3, -0.25) is 0 Å². The van der Waals surface area contributed by atoms with E-state index in [4.69, 9.17) is 10.2 Å². The highest BCUT2D eigenvalue weighted by Crippen LogP contribution is 1.83. The van der Waals surface area contributed by atoms with Gasteiger partial charge in [-0.05, 0) is 6.92 Å². The first-order valence-corrected chi connectivity index (χ1v) is 4.85. The Bertz CT molecular complexity index is 246. The average Bonchev–Trinajstić information content (AvgIpc) is 2.33. The fourth-order valence-electron chi connectivity index (χ4n) is 0.467. The van der Waals surface area contributed by atoms with Crippen LogP contribution in [0, 0.1) is 0 Å². The van der Waals surface area contributed by atoms with Crippen molar-refractivity contribution in [2.24, 2.45) is 0 Å². The van der Waals surface area contributed by atoms with Gasteiger partial charge in [-0.1, -0.05) is 13.2 Å². The lowest BCUT2D eigenvalue weighted by Crippen LogP contribution is -2.13. The van der Waals surface area contributed by atoms with Crippen molar-refractivity contribution in [2.75, 3.05) is 19.8 Å². The summed E-state index contributed by atoms with van der Waals surface area (Å²) in [6.07, 6.45) is 1.51. The van der Waals surface area contributed by atoms with Gasteiger partial charge in [0.15, 0.2) is 0 Å². The molecule has 2 N–H and O–H groups in total. The van der Waals surface area contributed by atoms with Gasteiger partial charge < -0.3 is 19.7 Å². The molecule has 0 saturated carbocycles. The third kappa shape index (κ3) is 17.0. The van der Waals surface area contributed by atoms with Crippen LogP contribution in [0.1, 0.15) is 6.92 Å². The zero-order valence-electron chi connectivity index (χ0n) is 9.80. The zero-order valence-corrected chi connectivity index (χ0v) is 9.80. The molecule has 0 aliphatic heterocycles. The van der Waals surface area contributed by atoms with E-state index in [1.54, 1.807) is 0 Å². The minimum absolute atomic E-state index is 0.0326. The summed E-state index contributed by atoms with van der Waals surface area (Å²) in [6.45, 7) is 7.82. The van der Waals surface area contributed by atoms with Gasteiger partial charge in [-0.15, -0.1) is 0 Å². The summed E-state index contributed by atoms with van der Waals surface area (Å²) in [4.78, 5) is 20.4. The van der Waals surface area contributed by atoms with Crippen molar-refractivity contribution in [3.05, 3.63) is 25.3 Å². The minimum atomic E-state index is -0.603. The Balaban J connectivity index is 0. The Hall–Kier alpha value is -1.66. The molecule has 0 bridgehead atoms. The Morgan fingerprint density at radius 2 is 1.71 bits per heavy atom. The van der Waals surface area contributed by atoms with Gasteiger partial charge in [0, 0.05) is 12.2 Å². The Kier molecular flexibility index (Phi) is 12.9. The van der Waals surface area contributed by atoms with Crippen molar-refractivity contribution in [2.45, 2.75) is 13.0 Å². The molecule has 0 aromatic rings. The lowest BCUT2D eigenvalue weighted by molar-refractivity contribution is -0.140. The maximum absolute atomic E-state index is 10.3. The highest BCUT2D eigenvalue weighted by molar-refractivity contribution is 5.81. The van der Waals surface area contributed by atoms with Crippen LogP contribution in [-0.2, 0) is 19.1 Å². The third-order valence-corrected chi connectivity index (χ3v) is 1.14. The minimum Gasteiger partial charge on any atom is -0.460 e. The molecular weight excluding hydrogens is 228 g/mol. The molecule has 0 aliphatic carbocycles. The second-order valence-corrected chi connectivity index (χ2v) is 2.78. The summed E-state index contributed by atoms with van der Waals surface area (Å²) < 4.78 is 8.78. The molecule has 6 heteroatoms. The van der Waals surface area contributed by atoms with Crippen molar-refractivity contribution in [3.8, 4) is 0 Å². The van der Waals surface area contributed by atoms with Crippen molar-refractivity contribution in [1.82, 2.24) is 0 Å². The molecule has 0 aliphatic rings. The summed E-state index contributed by atoms with van der Waals surface area (Å²) in [7, 11) is 0. The highest BCUT2D eigenvalue weighted by Gasteiger charge is 1.98. The molecule has 0 fully saturated rings. The Morgan fingerprint density at radius 3 is 2.06 bits per heavy atom. The van der Waals surface area contributed by atoms with Crippen LogP contribution in [-0.4, -0.2) is 48.1 Å². The van der Waals surface area contributed by atoms with E-state index in [0.29, 0.717) is 0 Å². The van der Waals surface area contributed by atoms with E-state index in [-0.39, 0.29) is 19.8 Å². The summed E-state index contributed by atoms with van der Waals surface area (Å²) in [5, 5.41) is 16.7. The van der Waals surface area contributed by atoms with E-state index in [1.807, 2.05) is 0 Å². The van der Waals surface area contributed by atoms with Gasteiger partial charge >= 0.3 is 11.9 Å². The number of aliphatic hydroxyl groups is 2. The van der Waals surface area contributed by atoms with Crippen LogP contribution in [0.2, 0.25) is 0 Å². The third-order valence-electron chi connectivity index (χ3n) is 1.14. The van der Waals surface area contributed by atoms with Crippen molar-refractivity contribution in [3.63, 3.8) is 0 Å². The van der Waals surface area contributed by atoms with E-state index >= 15 is 0 Å². The molecule has 0 saturated heterocycles. The fourth-order valence-corrected chi connectivity index (χ4v) is 0.467. The van der Waals surface area contributed by atoms with Gasteiger partial charge in [0.25, 0.3) is 0 Å². The average molecular weight is 246 g/mol. The van der Waals surface area contributed by atoms with Gasteiger partial charge in [-0.2, -0.15) is 0 Å². The second kappa shape index (κ2) is 12.4. The topological polar surface area (TPSA) is 93.1 Å². The molecule has 17 heavy (non-hydrogen) atoms. The van der Waals surface area contributed by atoms with E-state index in [0.717, 1.165) is 12.2 Å². The van der Waals surface area contributed by atoms with Gasteiger partial charge in [0.1, 0.15) is 13.2 Å². The standard InChI is InChI=1S/C6H10O3.C5H8O3/c1-3-6(8)9-4-5(2)7;1-2-5(7)8-4-3-6/h3,5,7H,1,4H2,2H3;2,6H,1,3-4H2. The van der Waals surface area contributed by atoms with E-state index in [9.17, 15) is 9.59 Å². The number of rotatable bonds is 6. The molecule has 0 radical (unpaired) electrons. The van der Waals surface area contributed by atoms with Crippen molar-refractivity contribution < 1.29 is 29.3 Å². The number of carbonyl (C=O) groups excluding carboxylic acids is 2. The summed E-state index contributed by atoms with van der Waals surface area (Å²) >= 11 is 0. The number of aliphatic hydroxyl groups excluding tert-OH is 2. The van der Waals surface area contributed by atoms with E-state index in [2.05, 4.69) is 22.6 Å². The Labute approximate surface area is 100 Å². The number of ether oxygens (including phenoxy) is 2. The second-order valence-electron chi connectivity index (χ2n) is 2.78. The smallest absolute Gasteiger partial charge is 0.330 e. The predicted octanol–water partition coefficient (Wildman–Crippen LogP) is -0.196. The molecule has 0 heterocycles. The van der Waals surface area contributed by atoms with E-state index < -0.39 is 18.0 Å². The molecule has 1 unspecified atom stereocenters. The van der Waals surface area contributed by atoms with Crippen LogP contribution in [0.15, 0.2) is 25.3 Å².